The summed E-state index contributed by atoms with van der Waals surface area (Å²) in [6.07, 6.45) is -4.60. The van der Waals surface area contributed by atoms with Gasteiger partial charge in [0.25, 0.3) is 0 Å². The van der Waals surface area contributed by atoms with Gasteiger partial charge >= 0.3 is 12.1 Å². The van der Waals surface area contributed by atoms with Gasteiger partial charge in [-0.15, -0.1) is 0 Å². The van der Waals surface area contributed by atoms with Crippen molar-refractivity contribution in [3.05, 3.63) is 28.8 Å². The Kier molecular flexibility index (Phi) is 4.68. The van der Waals surface area contributed by atoms with Gasteiger partial charge in [-0.1, -0.05) is 24.6 Å². The molecule has 0 bridgehead atoms. The second kappa shape index (κ2) is 5.69. The lowest BCUT2D eigenvalue weighted by atomic mass is 9.86. The minimum atomic E-state index is -4.60. The van der Waals surface area contributed by atoms with E-state index in [0.29, 0.717) is 0 Å². The summed E-state index contributed by atoms with van der Waals surface area (Å²) in [6.45, 7) is 0.833. The number of halogens is 4. The Bertz CT molecular complexity index is 474. The van der Waals surface area contributed by atoms with Gasteiger partial charge in [-0.25, -0.2) is 0 Å². The predicted octanol–water partition coefficient (Wildman–Crippen LogP) is 3.72. The lowest BCUT2D eigenvalue weighted by molar-refractivity contribution is -0.183. The first-order valence-electron chi connectivity index (χ1n) is 5.31. The zero-order valence-corrected chi connectivity index (χ0v) is 10.9. The Morgan fingerprint density at radius 1 is 1.42 bits per heavy atom. The number of hydrogen-bond donors (Lipinski definition) is 1. The quantitative estimate of drug-likeness (QED) is 0.921. The molecule has 0 unspecified atom stereocenters. The number of aliphatic carboxylic acids is 1. The molecule has 0 radical (unpaired) electrons. The normalized spacial score (nSPS) is 14.8. The molecule has 0 aromatic heterocycles. The van der Waals surface area contributed by atoms with Crippen molar-refractivity contribution in [2.75, 3.05) is 7.11 Å². The molecule has 3 nitrogen and oxygen atoms in total. The van der Waals surface area contributed by atoms with Crippen LogP contribution in [-0.2, 0) is 4.79 Å². The first-order valence-corrected chi connectivity index (χ1v) is 5.69. The van der Waals surface area contributed by atoms with Crippen LogP contribution in [0.5, 0.6) is 5.75 Å². The Hall–Kier alpha value is -1.43. The third kappa shape index (κ3) is 3.53. The molecule has 0 heterocycles. The van der Waals surface area contributed by atoms with Gasteiger partial charge in [0, 0.05) is 0 Å². The van der Waals surface area contributed by atoms with Gasteiger partial charge in [0.2, 0.25) is 0 Å². The Morgan fingerprint density at radius 2 is 2.00 bits per heavy atom. The number of carboxylic acids is 1. The molecule has 0 saturated carbocycles. The number of methoxy groups -OCH3 is 1. The summed E-state index contributed by atoms with van der Waals surface area (Å²) in [5.41, 5.74) is -0.00132. The van der Waals surface area contributed by atoms with Gasteiger partial charge in [0.15, 0.2) is 0 Å². The highest BCUT2D eigenvalue weighted by Crippen LogP contribution is 2.39. The van der Waals surface area contributed by atoms with Crippen molar-refractivity contribution < 1.29 is 27.8 Å². The summed E-state index contributed by atoms with van der Waals surface area (Å²) in [5.74, 6) is -5.13. The van der Waals surface area contributed by atoms with E-state index >= 15 is 0 Å². The number of rotatable bonds is 4. The van der Waals surface area contributed by atoms with Crippen molar-refractivity contribution in [3.63, 3.8) is 0 Å². The van der Waals surface area contributed by atoms with Crippen molar-refractivity contribution >= 4 is 17.6 Å². The molecule has 0 aliphatic carbocycles. The summed E-state index contributed by atoms with van der Waals surface area (Å²) in [4.78, 5) is 11.1. The summed E-state index contributed by atoms with van der Waals surface area (Å²) >= 11 is 5.76. The van der Waals surface area contributed by atoms with Crippen LogP contribution >= 0.6 is 11.6 Å². The molecule has 1 N–H and O–H groups in total. The second-order valence-corrected chi connectivity index (χ2v) is 4.45. The van der Waals surface area contributed by atoms with E-state index in [1.165, 1.54) is 25.3 Å². The summed E-state index contributed by atoms with van der Waals surface area (Å²) in [5, 5.41) is 9.22. The SMILES string of the molecule is COc1cc([C@@H](C(=O)O)[C@@H](C)C(F)(F)F)ccc1Cl. The maximum absolute atomic E-state index is 12.7. The van der Waals surface area contributed by atoms with Crippen molar-refractivity contribution in [2.24, 2.45) is 5.92 Å². The van der Waals surface area contributed by atoms with E-state index < -0.39 is 24.0 Å². The highest BCUT2D eigenvalue weighted by atomic mass is 35.5. The zero-order valence-electron chi connectivity index (χ0n) is 10.2. The summed E-state index contributed by atoms with van der Waals surface area (Å²) < 4.78 is 42.9. The van der Waals surface area contributed by atoms with Crippen LogP contribution in [0, 0.1) is 5.92 Å². The van der Waals surface area contributed by atoms with Crippen molar-refractivity contribution in [3.8, 4) is 5.75 Å². The highest BCUT2D eigenvalue weighted by Gasteiger charge is 2.45. The molecule has 1 aromatic carbocycles. The van der Waals surface area contributed by atoms with Gasteiger partial charge in [-0.3, -0.25) is 4.79 Å². The molecule has 0 saturated heterocycles. The number of carboxylic acid groups (broad SMARTS) is 1. The largest absolute Gasteiger partial charge is 0.495 e. The number of carbonyl (C=O) groups is 1. The van der Waals surface area contributed by atoms with Crippen molar-refractivity contribution in [1.82, 2.24) is 0 Å². The molecule has 1 rings (SSSR count). The Morgan fingerprint density at radius 3 is 2.42 bits per heavy atom. The Labute approximate surface area is 112 Å². The average Bonchev–Trinajstić information content (AvgIpc) is 2.29. The van der Waals surface area contributed by atoms with Gasteiger partial charge < -0.3 is 9.84 Å². The molecule has 106 valence electrons. The van der Waals surface area contributed by atoms with E-state index in [0.717, 1.165) is 6.92 Å². The molecule has 0 aliphatic rings. The molecule has 0 aliphatic heterocycles. The minimum Gasteiger partial charge on any atom is -0.495 e. The third-order valence-electron chi connectivity index (χ3n) is 2.82. The van der Waals surface area contributed by atoms with Crippen LogP contribution in [0.1, 0.15) is 18.4 Å². The molecule has 1 aromatic rings. The minimum absolute atomic E-state index is 0.00132. The molecule has 2 atom stereocenters. The number of ether oxygens (including phenoxy) is 1. The number of benzene rings is 1. The molecule has 19 heavy (non-hydrogen) atoms. The molecule has 7 heteroatoms. The number of alkyl halides is 3. The lowest BCUT2D eigenvalue weighted by Gasteiger charge is -2.23. The summed E-state index contributed by atoms with van der Waals surface area (Å²) in [6, 6.07) is 3.78. The van der Waals surface area contributed by atoms with Crippen LogP contribution in [0.3, 0.4) is 0 Å². The van der Waals surface area contributed by atoms with Gasteiger partial charge in [-0.05, 0) is 17.7 Å². The van der Waals surface area contributed by atoms with E-state index in [1.807, 2.05) is 0 Å². The third-order valence-corrected chi connectivity index (χ3v) is 3.13. The number of hydrogen-bond acceptors (Lipinski definition) is 2. The van der Waals surface area contributed by atoms with Crippen LogP contribution in [0.15, 0.2) is 18.2 Å². The monoisotopic (exact) mass is 296 g/mol. The van der Waals surface area contributed by atoms with Crippen molar-refractivity contribution in [2.45, 2.75) is 19.0 Å². The standard InChI is InChI=1S/C12H12ClF3O3/c1-6(12(14,15)16)10(11(17)18)7-3-4-8(13)9(5-7)19-2/h3-6,10H,1-2H3,(H,17,18)/t6-,10+/m1/s1. The van der Waals surface area contributed by atoms with E-state index in [2.05, 4.69) is 0 Å². The first kappa shape index (κ1) is 15.6. The first-order chi connectivity index (χ1) is 8.68. The zero-order chi connectivity index (χ0) is 14.8. The average molecular weight is 297 g/mol. The molecular weight excluding hydrogens is 285 g/mol. The lowest BCUT2D eigenvalue weighted by Crippen LogP contribution is -2.31. The molecular formula is C12H12ClF3O3. The maximum atomic E-state index is 12.7. The van der Waals surface area contributed by atoms with E-state index in [9.17, 15) is 18.0 Å². The fraction of sp³-hybridized carbons (Fsp3) is 0.417. The topological polar surface area (TPSA) is 46.5 Å². The molecule has 0 fully saturated rings. The molecule has 0 spiro atoms. The van der Waals surface area contributed by atoms with E-state index in [-0.39, 0.29) is 16.3 Å². The van der Waals surface area contributed by atoms with Crippen LogP contribution in [0.4, 0.5) is 13.2 Å². The highest BCUT2D eigenvalue weighted by molar-refractivity contribution is 6.32. The Balaban J connectivity index is 3.24. The fourth-order valence-electron chi connectivity index (χ4n) is 1.70. The maximum Gasteiger partial charge on any atom is 0.392 e. The second-order valence-electron chi connectivity index (χ2n) is 4.04. The van der Waals surface area contributed by atoms with Crippen LogP contribution in [-0.4, -0.2) is 24.4 Å². The van der Waals surface area contributed by atoms with Crippen LogP contribution in [0.2, 0.25) is 5.02 Å². The van der Waals surface area contributed by atoms with Gasteiger partial charge in [0.05, 0.1) is 24.0 Å². The van der Waals surface area contributed by atoms with Crippen LogP contribution in [0.25, 0.3) is 0 Å². The van der Waals surface area contributed by atoms with Gasteiger partial charge in [-0.2, -0.15) is 13.2 Å². The van der Waals surface area contributed by atoms with E-state index in [1.54, 1.807) is 0 Å². The van der Waals surface area contributed by atoms with Crippen molar-refractivity contribution in [1.29, 1.82) is 0 Å². The molecule has 0 amide bonds. The fourth-order valence-corrected chi connectivity index (χ4v) is 1.90. The van der Waals surface area contributed by atoms with E-state index in [4.69, 9.17) is 21.4 Å². The predicted molar refractivity (Wildman–Crippen MR) is 63.6 cm³/mol. The van der Waals surface area contributed by atoms with Crippen LogP contribution < -0.4 is 4.74 Å². The van der Waals surface area contributed by atoms with Gasteiger partial charge in [0.1, 0.15) is 5.75 Å². The smallest absolute Gasteiger partial charge is 0.392 e. The summed E-state index contributed by atoms with van der Waals surface area (Å²) in [7, 11) is 1.30.